The number of amides is 1. The second-order valence-corrected chi connectivity index (χ2v) is 6.75. The molecule has 1 fully saturated rings. The summed E-state index contributed by atoms with van der Waals surface area (Å²) in [5, 5.41) is 9.75. The van der Waals surface area contributed by atoms with Crippen molar-refractivity contribution in [1.82, 2.24) is 4.90 Å². The molecular weight excluding hydrogens is 326 g/mol. The summed E-state index contributed by atoms with van der Waals surface area (Å²) in [6.45, 7) is 3.03. The average Bonchev–Trinajstić information content (AvgIpc) is 2.72. The zero-order valence-corrected chi connectivity index (χ0v) is 15.3. The van der Waals surface area contributed by atoms with Gasteiger partial charge in [0.2, 0.25) is 0 Å². The SMILES string of the molecule is CCCCc1ccc(C(=O)N2CCO[C@H](CO)[C@H]2c2ccccc2)cc1. The molecule has 0 radical (unpaired) electrons. The zero-order valence-electron chi connectivity index (χ0n) is 15.3. The van der Waals surface area contributed by atoms with E-state index in [-0.39, 0.29) is 18.6 Å². The number of ether oxygens (including phenoxy) is 1. The van der Waals surface area contributed by atoms with Gasteiger partial charge < -0.3 is 14.7 Å². The molecule has 0 unspecified atom stereocenters. The summed E-state index contributed by atoms with van der Waals surface area (Å²) in [4.78, 5) is 15.0. The lowest BCUT2D eigenvalue weighted by Crippen LogP contribution is -2.49. The molecule has 4 heteroatoms. The second kappa shape index (κ2) is 8.97. The fraction of sp³-hybridized carbons (Fsp3) is 0.409. The minimum Gasteiger partial charge on any atom is -0.394 e. The molecule has 0 bridgehead atoms. The smallest absolute Gasteiger partial charge is 0.254 e. The van der Waals surface area contributed by atoms with Crippen LogP contribution in [0.25, 0.3) is 0 Å². The van der Waals surface area contributed by atoms with Crippen molar-refractivity contribution in [3.63, 3.8) is 0 Å². The number of hydrogen-bond acceptors (Lipinski definition) is 3. The van der Waals surface area contributed by atoms with Gasteiger partial charge in [0.1, 0.15) is 6.10 Å². The Morgan fingerprint density at radius 2 is 1.88 bits per heavy atom. The topological polar surface area (TPSA) is 49.8 Å². The van der Waals surface area contributed by atoms with Gasteiger partial charge in [-0.05, 0) is 36.1 Å². The maximum atomic E-state index is 13.2. The maximum Gasteiger partial charge on any atom is 0.254 e. The predicted octanol–water partition coefficient (Wildman–Crippen LogP) is 3.60. The molecule has 1 aliphatic heterocycles. The molecule has 2 aromatic carbocycles. The highest BCUT2D eigenvalue weighted by atomic mass is 16.5. The lowest BCUT2D eigenvalue weighted by atomic mass is 9.97. The number of morpholine rings is 1. The van der Waals surface area contributed by atoms with Crippen LogP contribution in [-0.2, 0) is 11.2 Å². The largest absolute Gasteiger partial charge is 0.394 e. The highest BCUT2D eigenvalue weighted by molar-refractivity contribution is 5.94. The van der Waals surface area contributed by atoms with Gasteiger partial charge in [-0.15, -0.1) is 0 Å². The summed E-state index contributed by atoms with van der Waals surface area (Å²) in [7, 11) is 0. The summed E-state index contributed by atoms with van der Waals surface area (Å²) in [6, 6.07) is 17.5. The Bertz CT molecular complexity index is 699. The third-order valence-corrected chi connectivity index (χ3v) is 4.95. The van der Waals surface area contributed by atoms with Crippen LogP contribution in [0.2, 0.25) is 0 Å². The molecule has 0 spiro atoms. The Balaban J connectivity index is 1.83. The van der Waals surface area contributed by atoms with Gasteiger partial charge in [0.05, 0.1) is 19.3 Å². The van der Waals surface area contributed by atoms with Gasteiger partial charge in [0.15, 0.2) is 0 Å². The first-order valence-corrected chi connectivity index (χ1v) is 9.42. The Morgan fingerprint density at radius 1 is 1.15 bits per heavy atom. The molecule has 1 saturated heterocycles. The monoisotopic (exact) mass is 353 g/mol. The number of carbonyl (C=O) groups excluding carboxylic acids is 1. The van der Waals surface area contributed by atoms with E-state index in [9.17, 15) is 9.90 Å². The molecule has 0 aliphatic carbocycles. The number of aliphatic hydroxyl groups excluding tert-OH is 1. The summed E-state index contributed by atoms with van der Waals surface area (Å²) < 4.78 is 5.73. The third kappa shape index (κ3) is 4.14. The van der Waals surface area contributed by atoms with E-state index in [4.69, 9.17) is 4.74 Å². The lowest BCUT2D eigenvalue weighted by molar-refractivity contribution is -0.0811. The molecule has 1 amide bonds. The molecule has 138 valence electrons. The summed E-state index contributed by atoms with van der Waals surface area (Å²) in [5.41, 5.74) is 2.93. The Labute approximate surface area is 155 Å². The van der Waals surface area contributed by atoms with E-state index in [1.807, 2.05) is 59.5 Å². The van der Waals surface area contributed by atoms with Crippen LogP contribution in [-0.4, -0.2) is 41.8 Å². The molecule has 1 aliphatic rings. The predicted molar refractivity (Wildman–Crippen MR) is 102 cm³/mol. The van der Waals surface area contributed by atoms with Crippen molar-refractivity contribution in [3.8, 4) is 0 Å². The molecule has 2 atom stereocenters. The Morgan fingerprint density at radius 3 is 2.54 bits per heavy atom. The van der Waals surface area contributed by atoms with Crippen LogP contribution >= 0.6 is 0 Å². The molecule has 26 heavy (non-hydrogen) atoms. The van der Waals surface area contributed by atoms with Crippen LogP contribution in [0.3, 0.4) is 0 Å². The summed E-state index contributed by atoms with van der Waals surface area (Å²) >= 11 is 0. The van der Waals surface area contributed by atoms with Gasteiger partial charge in [-0.2, -0.15) is 0 Å². The number of aryl methyl sites for hydroxylation is 1. The van der Waals surface area contributed by atoms with E-state index in [1.165, 1.54) is 5.56 Å². The van der Waals surface area contributed by atoms with Crippen molar-refractivity contribution in [2.24, 2.45) is 0 Å². The summed E-state index contributed by atoms with van der Waals surface area (Å²) in [5.74, 6) is -0.0114. The van der Waals surface area contributed by atoms with Crippen LogP contribution in [0.5, 0.6) is 0 Å². The molecule has 0 aromatic heterocycles. The normalized spacial score (nSPS) is 20.2. The fourth-order valence-electron chi connectivity index (χ4n) is 3.52. The first-order valence-electron chi connectivity index (χ1n) is 9.42. The molecule has 1 N–H and O–H groups in total. The van der Waals surface area contributed by atoms with E-state index in [0.29, 0.717) is 18.7 Å². The highest BCUT2D eigenvalue weighted by Gasteiger charge is 2.36. The molecule has 2 aromatic rings. The zero-order chi connectivity index (χ0) is 18.4. The van der Waals surface area contributed by atoms with Gasteiger partial charge in [-0.25, -0.2) is 0 Å². The van der Waals surface area contributed by atoms with Crippen LogP contribution in [0.1, 0.15) is 47.3 Å². The van der Waals surface area contributed by atoms with Crippen molar-refractivity contribution in [1.29, 1.82) is 0 Å². The number of benzene rings is 2. The fourth-order valence-corrected chi connectivity index (χ4v) is 3.52. The van der Waals surface area contributed by atoms with Crippen LogP contribution < -0.4 is 0 Å². The first-order chi connectivity index (χ1) is 12.7. The number of nitrogens with zero attached hydrogens (tertiary/aromatic N) is 1. The van der Waals surface area contributed by atoms with Gasteiger partial charge in [-0.3, -0.25) is 4.79 Å². The van der Waals surface area contributed by atoms with Gasteiger partial charge in [-0.1, -0.05) is 55.8 Å². The van der Waals surface area contributed by atoms with Crippen molar-refractivity contribution in [2.75, 3.05) is 19.8 Å². The van der Waals surface area contributed by atoms with Crippen molar-refractivity contribution >= 4 is 5.91 Å². The molecular formula is C22H27NO3. The van der Waals surface area contributed by atoms with Crippen molar-refractivity contribution < 1.29 is 14.6 Å². The lowest BCUT2D eigenvalue weighted by Gasteiger charge is -2.41. The Kier molecular flexibility index (Phi) is 6.42. The van der Waals surface area contributed by atoms with Crippen LogP contribution in [0.4, 0.5) is 0 Å². The van der Waals surface area contributed by atoms with Gasteiger partial charge in [0, 0.05) is 12.1 Å². The van der Waals surface area contributed by atoms with E-state index < -0.39 is 6.10 Å². The number of aliphatic hydroxyl groups is 1. The number of rotatable bonds is 6. The van der Waals surface area contributed by atoms with Crippen LogP contribution in [0.15, 0.2) is 54.6 Å². The molecule has 1 heterocycles. The quantitative estimate of drug-likeness (QED) is 0.863. The molecule has 0 saturated carbocycles. The number of carbonyl (C=O) groups is 1. The van der Waals surface area contributed by atoms with E-state index in [0.717, 1.165) is 24.8 Å². The minimum absolute atomic E-state index is 0.0114. The number of unbranched alkanes of at least 4 members (excludes halogenated alkanes) is 1. The molecule has 3 rings (SSSR count). The minimum atomic E-state index is -0.404. The summed E-state index contributed by atoms with van der Waals surface area (Å²) in [6.07, 6.45) is 2.96. The average molecular weight is 353 g/mol. The van der Waals surface area contributed by atoms with Crippen molar-refractivity contribution in [2.45, 2.75) is 38.3 Å². The maximum absolute atomic E-state index is 13.2. The van der Waals surface area contributed by atoms with Gasteiger partial charge >= 0.3 is 0 Å². The number of hydrogen-bond donors (Lipinski definition) is 1. The van der Waals surface area contributed by atoms with E-state index >= 15 is 0 Å². The molecule has 4 nitrogen and oxygen atoms in total. The van der Waals surface area contributed by atoms with E-state index in [1.54, 1.807) is 0 Å². The first kappa shape index (κ1) is 18.6. The Hall–Kier alpha value is -2.17. The van der Waals surface area contributed by atoms with Gasteiger partial charge in [0.25, 0.3) is 5.91 Å². The van der Waals surface area contributed by atoms with E-state index in [2.05, 4.69) is 6.92 Å². The second-order valence-electron chi connectivity index (χ2n) is 6.75. The third-order valence-electron chi connectivity index (χ3n) is 4.95. The van der Waals surface area contributed by atoms with Crippen molar-refractivity contribution in [3.05, 3.63) is 71.3 Å². The standard InChI is InChI=1S/C22H27NO3/c1-2-3-7-17-10-12-19(13-11-17)22(25)23-14-15-26-20(16-24)21(23)18-8-5-4-6-9-18/h4-6,8-13,20-21,24H,2-3,7,14-16H2,1H3/t20-,21-/m1/s1. The van der Waals surface area contributed by atoms with Crippen LogP contribution in [0, 0.1) is 0 Å². The highest BCUT2D eigenvalue weighted by Crippen LogP contribution is 2.30.